The number of carbonyl (C=O) groups is 2. The molecule has 6 nitrogen and oxygen atoms in total. The molecule has 112 valence electrons. The van der Waals surface area contributed by atoms with Gasteiger partial charge in [-0.05, 0) is 31.2 Å². The lowest BCUT2D eigenvalue weighted by atomic mass is 9.99. The lowest BCUT2D eigenvalue weighted by Crippen LogP contribution is -2.32. The van der Waals surface area contributed by atoms with Crippen LogP contribution in [0.2, 0.25) is 5.02 Å². The number of halogens is 1. The van der Waals surface area contributed by atoms with Crippen LogP contribution < -0.4 is 5.32 Å². The predicted octanol–water partition coefficient (Wildman–Crippen LogP) is 1.90. The van der Waals surface area contributed by atoms with Gasteiger partial charge in [0.15, 0.2) is 11.7 Å². The second-order valence-electron chi connectivity index (χ2n) is 4.59. The third kappa shape index (κ3) is 3.00. The van der Waals surface area contributed by atoms with Crippen molar-refractivity contribution >= 4 is 23.3 Å². The molecule has 2 aromatic rings. The normalized spacial score (nSPS) is 11.5. The number of ketones is 1. The van der Waals surface area contributed by atoms with E-state index in [1.165, 1.54) is 17.9 Å². The maximum Gasteiger partial charge on any atom is 0.245 e. The summed E-state index contributed by atoms with van der Waals surface area (Å²) < 4.78 is 1.51. The lowest BCUT2D eigenvalue weighted by molar-refractivity contribution is -0.121. The van der Waals surface area contributed by atoms with E-state index in [-0.39, 0.29) is 5.56 Å². The Labute approximate surface area is 132 Å². The molecule has 22 heavy (non-hydrogen) atoms. The van der Waals surface area contributed by atoms with Gasteiger partial charge in [-0.25, -0.2) is 4.68 Å². The Bertz CT molecular complexity index is 759. The van der Waals surface area contributed by atoms with Crippen molar-refractivity contribution in [3.63, 3.8) is 0 Å². The van der Waals surface area contributed by atoms with E-state index in [9.17, 15) is 9.59 Å². The highest BCUT2D eigenvalue weighted by molar-refractivity contribution is 6.30. The molecule has 1 aromatic heterocycles. The highest BCUT2D eigenvalue weighted by Crippen LogP contribution is 2.17. The maximum atomic E-state index is 12.3. The number of nitrogens with one attached hydrogen (secondary N) is 1. The fraction of sp³-hybridized carbons (Fsp3) is 0.200. The highest BCUT2D eigenvalue weighted by Gasteiger charge is 2.29. The van der Waals surface area contributed by atoms with Crippen molar-refractivity contribution in [3.05, 3.63) is 46.7 Å². The number of aromatic nitrogens is 2. The topological polar surface area (TPSA) is 87.8 Å². The molecule has 7 heteroatoms. The van der Waals surface area contributed by atoms with Gasteiger partial charge in [0.25, 0.3) is 0 Å². The summed E-state index contributed by atoms with van der Waals surface area (Å²) in [7, 11) is 1.38. The molecule has 1 heterocycles. The maximum absolute atomic E-state index is 12.3. The van der Waals surface area contributed by atoms with E-state index in [4.69, 9.17) is 16.9 Å². The molecule has 0 bridgehead atoms. The van der Waals surface area contributed by atoms with Crippen molar-refractivity contribution in [2.24, 2.45) is 5.92 Å². The number of benzene rings is 1. The Balaban J connectivity index is 2.38. The molecule has 1 amide bonds. The number of carbonyl (C=O) groups excluding carboxylic acids is 2. The van der Waals surface area contributed by atoms with E-state index in [2.05, 4.69) is 10.4 Å². The lowest BCUT2D eigenvalue weighted by Gasteiger charge is -2.05. The van der Waals surface area contributed by atoms with Crippen LogP contribution in [0.1, 0.15) is 16.1 Å². The number of hydrogen-bond donors (Lipinski definition) is 1. The number of amides is 1. The minimum absolute atomic E-state index is 0.241. The molecule has 0 saturated carbocycles. The fourth-order valence-electron chi connectivity index (χ4n) is 1.96. The largest absolute Gasteiger partial charge is 0.358 e. The van der Waals surface area contributed by atoms with Gasteiger partial charge in [-0.1, -0.05) is 11.6 Å². The first kappa shape index (κ1) is 15.7. The van der Waals surface area contributed by atoms with E-state index < -0.39 is 17.6 Å². The summed E-state index contributed by atoms with van der Waals surface area (Å²) in [6.07, 6.45) is 1.51. The van der Waals surface area contributed by atoms with E-state index in [1.807, 2.05) is 0 Å². The van der Waals surface area contributed by atoms with Crippen molar-refractivity contribution in [2.75, 3.05) is 7.05 Å². The molecule has 1 aromatic carbocycles. The zero-order valence-corrected chi connectivity index (χ0v) is 12.8. The average Bonchev–Trinajstić information content (AvgIpc) is 2.90. The Kier molecular flexibility index (Phi) is 4.59. The zero-order valence-electron chi connectivity index (χ0n) is 12.0. The van der Waals surface area contributed by atoms with Crippen LogP contribution in [0, 0.1) is 24.2 Å². The zero-order chi connectivity index (χ0) is 16.3. The monoisotopic (exact) mass is 316 g/mol. The highest BCUT2D eigenvalue weighted by atomic mass is 35.5. The molecule has 0 fully saturated rings. The van der Waals surface area contributed by atoms with Gasteiger partial charge in [0.05, 0.1) is 23.0 Å². The Morgan fingerprint density at radius 2 is 2.00 bits per heavy atom. The Morgan fingerprint density at radius 3 is 2.55 bits per heavy atom. The molecule has 0 aliphatic heterocycles. The first-order valence-electron chi connectivity index (χ1n) is 6.45. The minimum Gasteiger partial charge on any atom is -0.358 e. The van der Waals surface area contributed by atoms with Gasteiger partial charge in [0.2, 0.25) is 5.91 Å². The number of aryl methyl sites for hydroxylation is 1. The third-order valence-electron chi connectivity index (χ3n) is 3.16. The van der Waals surface area contributed by atoms with Crippen LogP contribution in [0.25, 0.3) is 5.69 Å². The van der Waals surface area contributed by atoms with Gasteiger partial charge < -0.3 is 5.32 Å². The first-order valence-corrected chi connectivity index (χ1v) is 6.83. The summed E-state index contributed by atoms with van der Waals surface area (Å²) in [5.74, 6) is -2.59. The number of Topliss-reactive ketones (excluding diaryl/α,β-unsaturated/α-hetero) is 1. The van der Waals surface area contributed by atoms with Gasteiger partial charge in [0, 0.05) is 18.3 Å². The summed E-state index contributed by atoms with van der Waals surface area (Å²) in [5.41, 5.74) is 1.41. The van der Waals surface area contributed by atoms with Crippen molar-refractivity contribution in [1.82, 2.24) is 15.1 Å². The Hall–Kier alpha value is -2.65. The van der Waals surface area contributed by atoms with Crippen LogP contribution in [-0.2, 0) is 4.79 Å². The summed E-state index contributed by atoms with van der Waals surface area (Å²) in [6, 6.07) is 8.64. The van der Waals surface area contributed by atoms with Crippen molar-refractivity contribution in [3.8, 4) is 11.8 Å². The van der Waals surface area contributed by atoms with Crippen molar-refractivity contribution < 1.29 is 9.59 Å². The number of hydrogen-bond acceptors (Lipinski definition) is 4. The molecule has 2 rings (SSSR count). The van der Waals surface area contributed by atoms with Gasteiger partial charge in [0.1, 0.15) is 0 Å². The predicted molar refractivity (Wildman–Crippen MR) is 80.8 cm³/mol. The van der Waals surface area contributed by atoms with Crippen LogP contribution in [0.3, 0.4) is 0 Å². The summed E-state index contributed by atoms with van der Waals surface area (Å²) in [5, 5.41) is 16.2. The number of nitrogens with zero attached hydrogens (tertiary/aromatic N) is 3. The SMILES string of the molecule is CNC(=O)[C@@H](C#N)C(=O)c1cn(-c2ccc(Cl)cc2)nc1C. The van der Waals surface area contributed by atoms with E-state index >= 15 is 0 Å². The first-order chi connectivity index (χ1) is 10.5. The van der Waals surface area contributed by atoms with Crippen LogP contribution in [0.4, 0.5) is 0 Å². The summed E-state index contributed by atoms with van der Waals surface area (Å²) in [6.45, 7) is 1.65. The van der Waals surface area contributed by atoms with Gasteiger partial charge in [-0.15, -0.1) is 0 Å². The molecular weight excluding hydrogens is 304 g/mol. The van der Waals surface area contributed by atoms with Gasteiger partial charge in [-0.3, -0.25) is 9.59 Å². The van der Waals surface area contributed by atoms with Crippen molar-refractivity contribution in [2.45, 2.75) is 6.92 Å². The fourth-order valence-corrected chi connectivity index (χ4v) is 2.09. The van der Waals surface area contributed by atoms with Crippen LogP contribution >= 0.6 is 11.6 Å². The quantitative estimate of drug-likeness (QED) is 0.689. The third-order valence-corrected chi connectivity index (χ3v) is 3.41. The summed E-state index contributed by atoms with van der Waals surface area (Å²) in [4.78, 5) is 23.9. The molecule has 1 N–H and O–H groups in total. The standard InChI is InChI=1S/C15H13ClN4O2/c1-9-13(14(21)12(7-17)15(22)18-2)8-20(19-9)11-5-3-10(16)4-6-11/h3-6,8,12H,1-2H3,(H,18,22)/t12-/m0/s1. The van der Waals surface area contributed by atoms with Gasteiger partial charge in [-0.2, -0.15) is 10.4 Å². The van der Waals surface area contributed by atoms with Gasteiger partial charge >= 0.3 is 0 Å². The molecular formula is C15H13ClN4O2. The molecule has 1 atom stereocenters. The van der Waals surface area contributed by atoms with E-state index in [1.54, 1.807) is 37.3 Å². The molecule has 0 aliphatic rings. The minimum atomic E-state index is -1.38. The number of nitriles is 1. The molecule has 0 unspecified atom stereocenters. The number of rotatable bonds is 4. The van der Waals surface area contributed by atoms with Crippen LogP contribution in [0.5, 0.6) is 0 Å². The van der Waals surface area contributed by atoms with E-state index in [0.717, 1.165) is 5.69 Å². The molecule has 0 aliphatic carbocycles. The molecule has 0 radical (unpaired) electrons. The van der Waals surface area contributed by atoms with E-state index in [0.29, 0.717) is 10.7 Å². The Morgan fingerprint density at radius 1 is 1.36 bits per heavy atom. The second-order valence-corrected chi connectivity index (χ2v) is 5.03. The van der Waals surface area contributed by atoms with Crippen molar-refractivity contribution in [1.29, 1.82) is 5.26 Å². The second kappa shape index (κ2) is 6.41. The van der Waals surface area contributed by atoms with Crippen LogP contribution in [-0.4, -0.2) is 28.5 Å². The molecule has 0 spiro atoms. The summed E-state index contributed by atoms with van der Waals surface area (Å²) >= 11 is 5.83. The average molecular weight is 317 g/mol. The molecule has 0 saturated heterocycles. The smallest absolute Gasteiger partial charge is 0.245 e. The van der Waals surface area contributed by atoms with Crippen LogP contribution in [0.15, 0.2) is 30.5 Å².